The molecule has 1 aromatic rings. The van der Waals surface area contributed by atoms with E-state index >= 15 is 0 Å². The number of halogens is 1. The third kappa shape index (κ3) is 2.96. The maximum absolute atomic E-state index is 10.8. The molecule has 0 fully saturated rings. The second-order valence-electron chi connectivity index (χ2n) is 2.22. The largest absolute Gasteiger partial charge is 0.294 e. The van der Waals surface area contributed by atoms with E-state index in [9.17, 15) is 4.79 Å². The Morgan fingerprint density at radius 2 is 2.50 bits per heavy atom. The summed E-state index contributed by atoms with van der Waals surface area (Å²) >= 11 is 3.07. The monoisotopic (exact) mass is 225 g/mol. The number of hydrogen-bond acceptors (Lipinski definition) is 2. The van der Waals surface area contributed by atoms with Crippen molar-refractivity contribution in [2.24, 2.45) is 0 Å². The molecule has 0 radical (unpaired) electrons. The third-order valence-electron chi connectivity index (χ3n) is 1.28. The Kier molecular flexibility index (Phi) is 3.67. The topological polar surface area (TPSA) is 30.0 Å². The summed E-state index contributed by atoms with van der Waals surface area (Å²) < 4.78 is 0. The van der Waals surface area contributed by atoms with Crippen LogP contribution in [0, 0.1) is 0 Å². The highest BCUT2D eigenvalue weighted by molar-refractivity contribution is 9.09. The molecule has 1 heterocycles. The summed E-state index contributed by atoms with van der Waals surface area (Å²) in [6.45, 7) is 0. The minimum Gasteiger partial charge on any atom is -0.294 e. The molecule has 2 nitrogen and oxygen atoms in total. The van der Waals surface area contributed by atoms with E-state index in [0.29, 0.717) is 5.33 Å². The lowest BCUT2D eigenvalue weighted by Crippen LogP contribution is -1.91. The van der Waals surface area contributed by atoms with E-state index in [-0.39, 0.29) is 5.78 Å². The zero-order valence-electron chi connectivity index (χ0n) is 6.40. The molecule has 0 aliphatic carbocycles. The van der Waals surface area contributed by atoms with Gasteiger partial charge in [-0.1, -0.05) is 22.0 Å². The normalized spacial score (nSPS) is 10.4. The van der Waals surface area contributed by atoms with Gasteiger partial charge >= 0.3 is 0 Å². The van der Waals surface area contributed by atoms with Gasteiger partial charge in [0.25, 0.3) is 0 Å². The van der Waals surface area contributed by atoms with Gasteiger partial charge in [0.15, 0.2) is 5.78 Å². The van der Waals surface area contributed by atoms with Gasteiger partial charge in [0.05, 0.1) is 5.33 Å². The van der Waals surface area contributed by atoms with Gasteiger partial charge in [-0.25, -0.2) is 0 Å². The molecule has 1 aromatic heterocycles. The van der Waals surface area contributed by atoms with Gasteiger partial charge in [-0.3, -0.25) is 9.78 Å². The summed E-state index contributed by atoms with van der Waals surface area (Å²) in [5.74, 6) is 0.0545. The van der Waals surface area contributed by atoms with E-state index in [4.69, 9.17) is 0 Å². The standard InChI is InChI=1S/C9H8BrNO/c10-6-9(12)4-3-8-2-1-5-11-7-8/h1-5,7H,6H2. The number of nitrogens with zero attached hydrogens (tertiary/aromatic N) is 1. The number of allylic oxidation sites excluding steroid dienone is 1. The van der Waals surface area contributed by atoms with Crippen molar-refractivity contribution in [2.75, 3.05) is 5.33 Å². The van der Waals surface area contributed by atoms with Crippen LogP contribution in [0.4, 0.5) is 0 Å². The van der Waals surface area contributed by atoms with Crippen LogP contribution in [0.25, 0.3) is 6.08 Å². The first-order valence-electron chi connectivity index (χ1n) is 3.50. The van der Waals surface area contributed by atoms with Crippen LogP contribution < -0.4 is 0 Å². The molecule has 0 aliphatic heterocycles. The molecule has 0 atom stereocenters. The zero-order valence-corrected chi connectivity index (χ0v) is 7.99. The van der Waals surface area contributed by atoms with E-state index < -0.39 is 0 Å². The lowest BCUT2D eigenvalue weighted by atomic mass is 10.2. The van der Waals surface area contributed by atoms with E-state index in [2.05, 4.69) is 20.9 Å². The highest BCUT2D eigenvalue weighted by Crippen LogP contribution is 1.98. The number of rotatable bonds is 3. The maximum atomic E-state index is 10.8. The van der Waals surface area contributed by atoms with Crippen LogP contribution >= 0.6 is 15.9 Å². The highest BCUT2D eigenvalue weighted by Gasteiger charge is 1.90. The van der Waals surface area contributed by atoms with Crippen molar-refractivity contribution in [1.82, 2.24) is 4.98 Å². The molecule has 0 saturated carbocycles. The predicted octanol–water partition coefficient (Wildman–Crippen LogP) is 2.06. The number of aromatic nitrogens is 1. The minimum atomic E-state index is 0.0545. The van der Waals surface area contributed by atoms with Gasteiger partial charge < -0.3 is 0 Å². The van der Waals surface area contributed by atoms with E-state index in [0.717, 1.165) is 5.56 Å². The molecule has 62 valence electrons. The fourth-order valence-corrected chi connectivity index (χ4v) is 0.895. The molecular weight excluding hydrogens is 218 g/mol. The van der Waals surface area contributed by atoms with Gasteiger partial charge in [-0.05, 0) is 23.8 Å². The Labute approximate surface area is 79.5 Å². The molecule has 3 heteroatoms. The smallest absolute Gasteiger partial charge is 0.166 e. The van der Waals surface area contributed by atoms with Crippen molar-refractivity contribution < 1.29 is 4.79 Å². The second-order valence-corrected chi connectivity index (χ2v) is 2.78. The average Bonchev–Trinajstić information content (AvgIpc) is 2.16. The minimum absolute atomic E-state index is 0.0545. The third-order valence-corrected chi connectivity index (χ3v) is 1.83. The Hall–Kier alpha value is -0.960. The van der Waals surface area contributed by atoms with Gasteiger partial charge in [0.1, 0.15) is 0 Å². The highest BCUT2D eigenvalue weighted by atomic mass is 79.9. The fourth-order valence-electron chi connectivity index (χ4n) is 0.708. The molecule has 0 aromatic carbocycles. The first kappa shape index (κ1) is 9.13. The Morgan fingerprint density at radius 3 is 3.08 bits per heavy atom. The molecule has 0 amide bonds. The van der Waals surface area contributed by atoms with Gasteiger partial charge in [-0.2, -0.15) is 0 Å². The Balaban J connectivity index is 2.64. The molecule has 0 spiro atoms. The summed E-state index contributed by atoms with van der Waals surface area (Å²) in [5, 5.41) is 0.365. The SMILES string of the molecule is O=C(C=Cc1cccnc1)CBr. The first-order valence-corrected chi connectivity index (χ1v) is 4.62. The lowest BCUT2D eigenvalue weighted by Gasteiger charge is -1.88. The number of carbonyl (C=O) groups is 1. The molecule has 0 bridgehead atoms. The van der Waals surface area contributed by atoms with Crippen LogP contribution in [-0.2, 0) is 4.79 Å². The number of alkyl halides is 1. The lowest BCUT2D eigenvalue weighted by molar-refractivity contribution is -0.112. The van der Waals surface area contributed by atoms with Crippen LogP contribution in [0.2, 0.25) is 0 Å². The molecule has 0 N–H and O–H groups in total. The molecule has 0 saturated heterocycles. The van der Waals surface area contributed by atoms with E-state index in [1.54, 1.807) is 18.5 Å². The van der Waals surface area contributed by atoms with Crippen molar-refractivity contribution >= 4 is 27.8 Å². The van der Waals surface area contributed by atoms with E-state index in [1.165, 1.54) is 6.08 Å². The second kappa shape index (κ2) is 4.83. The first-order chi connectivity index (χ1) is 5.83. The summed E-state index contributed by atoms with van der Waals surface area (Å²) in [4.78, 5) is 14.7. The van der Waals surface area contributed by atoms with Crippen LogP contribution in [-0.4, -0.2) is 16.1 Å². The van der Waals surface area contributed by atoms with Crippen LogP contribution in [0.3, 0.4) is 0 Å². The average molecular weight is 226 g/mol. The Bertz CT molecular complexity index is 282. The van der Waals surface area contributed by atoms with E-state index in [1.807, 2.05) is 12.1 Å². The van der Waals surface area contributed by atoms with Crippen molar-refractivity contribution in [3.63, 3.8) is 0 Å². The number of pyridine rings is 1. The number of ketones is 1. The molecule has 1 rings (SSSR count). The van der Waals surface area contributed by atoms with Crippen molar-refractivity contribution in [1.29, 1.82) is 0 Å². The van der Waals surface area contributed by atoms with Crippen LogP contribution in [0.1, 0.15) is 5.56 Å². The van der Waals surface area contributed by atoms with Crippen LogP contribution in [0.15, 0.2) is 30.6 Å². The van der Waals surface area contributed by atoms with Crippen LogP contribution in [0.5, 0.6) is 0 Å². The molecule has 12 heavy (non-hydrogen) atoms. The summed E-state index contributed by atoms with van der Waals surface area (Å²) in [6.07, 6.45) is 6.68. The quantitative estimate of drug-likeness (QED) is 0.583. The molecular formula is C9H8BrNO. The summed E-state index contributed by atoms with van der Waals surface area (Å²) in [6, 6.07) is 3.73. The maximum Gasteiger partial charge on any atom is 0.166 e. The van der Waals surface area contributed by atoms with Gasteiger partial charge in [-0.15, -0.1) is 0 Å². The number of carbonyl (C=O) groups excluding carboxylic acids is 1. The van der Waals surface area contributed by atoms with Crippen molar-refractivity contribution in [3.8, 4) is 0 Å². The predicted molar refractivity (Wildman–Crippen MR) is 52.1 cm³/mol. The summed E-state index contributed by atoms with van der Waals surface area (Å²) in [5.41, 5.74) is 0.937. The Morgan fingerprint density at radius 1 is 1.67 bits per heavy atom. The fraction of sp³-hybridized carbons (Fsp3) is 0.111. The molecule has 0 aliphatic rings. The number of hydrogen-bond donors (Lipinski definition) is 0. The zero-order chi connectivity index (χ0) is 8.81. The summed E-state index contributed by atoms with van der Waals surface area (Å²) in [7, 11) is 0. The molecule has 0 unspecified atom stereocenters. The van der Waals surface area contributed by atoms with Gasteiger partial charge in [0.2, 0.25) is 0 Å². The van der Waals surface area contributed by atoms with Crippen molar-refractivity contribution in [2.45, 2.75) is 0 Å². The van der Waals surface area contributed by atoms with Gasteiger partial charge in [0, 0.05) is 12.4 Å². The van der Waals surface area contributed by atoms with Crippen molar-refractivity contribution in [3.05, 3.63) is 36.2 Å².